The summed E-state index contributed by atoms with van der Waals surface area (Å²) in [6.07, 6.45) is -0.586. The van der Waals surface area contributed by atoms with Gasteiger partial charge in [0.05, 0.1) is 12.3 Å². The van der Waals surface area contributed by atoms with E-state index in [4.69, 9.17) is 9.57 Å². The van der Waals surface area contributed by atoms with Crippen LogP contribution in [0.25, 0.3) is 11.1 Å². The first-order valence-electron chi connectivity index (χ1n) is 18.0. The zero-order valence-electron chi connectivity index (χ0n) is 31.4. The molecule has 0 aromatic heterocycles. The molecule has 5 aromatic rings. The van der Waals surface area contributed by atoms with Crippen molar-refractivity contribution in [1.82, 2.24) is 5.48 Å². The van der Waals surface area contributed by atoms with Crippen molar-refractivity contribution in [3.05, 3.63) is 156 Å². The standard InChI is InChI=1S/C45H49N3O5/c1-7-48(40-29-25-34(26-30-40)33-23-27-39(28-24-33)47(5)6)43(51)35(32-42(50)52-44(2,3)4)31-41(49)46-53-45(36-17-11-8-12-18-36,37-19-13-9-14-20-37)38-21-15-10-16-22-38/h8-30,35H,7,31-32H2,1-6H3,(H,46,49). The average Bonchev–Trinajstić information content (AvgIpc) is 3.16. The molecule has 0 aliphatic heterocycles. The molecule has 0 radical (unpaired) electrons. The number of nitrogens with one attached hydrogen (secondary N) is 1. The summed E-state index contributed by atoms with van der Waals surface area (Å²) in [4.78, 5) is 51.6. The molecule has 8 nitrogen and oxygen atoms in total. The van der Waals surface area contributed by atoms with Gasteiger partial charge in [-0.1, -0.05) is 115 Å². The minimum absolute atomic E-state index is 0.280. The third-order valence-corrected chi connectivity index (χ3v) is 8.95. The van der Waals surface area contributed by atoms with Crippen LogP contribution >= 0.6 is 0 Å². The molecular weight excluding hydrogens is 663 g/mol. The van der Waals surface area contributed by atoms with Gasteiger partial charge in [-0.3, -0.25) is 19.2 Å². The minimum Gasteiger partial charge on any atom is -0.460 e. The number of amides is 2. The van der Waals surface area contributed by atoms with Crippen LogP contribution in [0.1, 0.15) is 57.2 Å². The summed E-state index contributed by atoms with van der Waals surface area (Å²) < 4.78 is 5.62. The van der Waals surface area contributed by atoms with Crippen molar-refractivity contribution in [2.24, 2.45) is 5.92 Å². The minimum atomic E-state index is -1.21. The quantitative estimate of drug-likeness (QED) is 0.0706. The molecule has 2 amide bonds. The van der Waals surface area contributed by atoms with Gasteiger partial charge in [0.15, 0.2) is 5.60 Å². The summed E-state index contributed by atoms with van der Waals surface area (Å²) in [6, 6.07) is 44.9. The van der Waals surface area contributed by atoms with Crippen LogP contribution in [0.15, 0.2) is 140 Å². The van der Waals surface area contributed by atoms with Crippen molar-refractivity contribution in [2.45, 2.75) is 51.7 Å². The van der Waals surface area contributed by atoms with Gasteiger partial charge in [-0.05, 0) is 79.8 Å². The van der Waals surface area contributed by atoms with Crippen LogP contribution in [0.5, 0.6) is 0 Å². The average molecular weight is 712 g/mol. The highest BCUT2D eigenvalue weighted by molar-refractivity contribution is 5.99. The van der Waals surface area contributed by atoms with E-state index in [1.807, 2.05) is 141 Å². The third-order valence-electron chi connectivity index (χ3n) is 8.95. The number of hydroxylamine groups is 1. The SMILES string of the molecule is CCN(C(=O)C(CC(=O)NOC(c1ccccc1)(c1ccccc1)c1ccccc1)CC(=O)OC(C)(C)C)c1ccc(-c2ccc(N(C)C)cc2)cc1. The number of nitrogens with zero attached hydrogens (tertiary/aromatic N) is 2. The van der Waals surface area contributed by atoms with Gasteiger partial charge in [0.1, 0.15) is 5.60 Å². The first-order valence-corrected chi connectivity index (χ1v) is 18.0. The second kappa shape index (κ2) is 17.2. The Morgan fingerprint density at radius 2 is 1.06 bits per heavy atom. The number of benzene rings is 5. The molecule has 53 heavy (non-hydrogen) atoms. The molecule has 0 saturated carbocycles. The number of rotatable bonds is 14. The molecule has 5 aromatic carbocycles. The van der Waals surface area contributed by atoms with E-state index in [2.05, 4.69) is 29.7 Å². The van der Waals surface area contributed by atoms with Crippen molar-refractivity contribution >= 4 is 29.2 Å². The summed E-state index contributed by atoms with van der Waals surface area (Å²) in [5.74, 6) is -2.50. The molecule has 0 fully saturated rings. The van der Waals surface area contributed by atoms with Crippen molar-refractivity contribution in [1.29, 1.82) is 0 Å². The molecule has 0 bridgehead atoms. The van der Waals surface area contributed by atoms with Gasteiger partial charge >= 0.3 is 5.97 Å². The van der Waals surface area contributed by atoms with Crippen molar-refractivity contribution in [3.8, 4) is 11.1 Å². The maximum absolute atomic E-state index is 14.3. The van der Waals surface area contributed by atoms with E-state index in [0.29, 0.717) is 12.2 Å². The Balaban J connectivity index is 1.42. The molecular formula is C45H49N3O5. The number of anilines is 2. The molecule has 1 unspecified atom stereocenters. The lowest BCUT2D eigenvalue weighted by molar-refractivity contribution is -0.158. The smallest absolute Gasteiger partial charge is 0.307 e. The van der Waals surface area contributed by atoms with E-state index < -0.39 is 29.0 Å². The summed E-state index contributed by atoms with van der Waals surface area (Å²) in [5.41, 5.74) is 6.93. The third kappa shape index (κ3) is 9.58. The van der Waals surface area contributed by atoms with Crippen LogP contribution in [0.2, 0.25) is 0 Å². The van der Waals surface area contributed by atoms with E-state index in [-0.39, 0.29) is 18.7 Å². The van der Waals surface area contributed by atoms with E-state index in [1.54, 1.807) is 25.7 Å². The summed E-state index contributed by atoms with van der Waals surface area (Å²) in [5, 5.41) is 0. The van der Waals surface area contributed by atoms with Crippen LogP contribution in [0.3, 0.4) is 0 Å². The second-order valence-corrected chi connectivity index (χ2v) is 14.2. The molecule has 0 spiro atoms. The molecule has 1 atom stereocenters. The molecule has 0 saturated heterocycles. The van der Waals surface area contributed by atoms with E-state index in [9.17, 15) is 14.4 Å². The molecule has 8 heteroatoms. The highest BCUT2D eigenvalue weighted by Crippen LogP contribution is 2.40. The van der Waals surface area contributed by atoms with Gasteiger partial charge in [-0.15, -0.1) is 0 Å². The predicted octanol–water partition coefficient (Wildman–Crippen LogP) is 8.55. The van der Waals surface area contributed by atoms with E-state index >= 15 is 0 Å². The number of ether oxygens (including phenoxy) is 1. The summed E-state index contributed by atoms with van der Waals surface area (Å²) in [6.45, 7) is 7.51. The lowest BCUT2D eigenvalue weighted by atomic mass is 9.80. The van der Waals surface area contributed by atoms with Crippen molar-refractivity contribution in [3.63, 3.8) is 0 Å². The lowest BCUT2D eigenvalue weighted by Gasteiger charge is -2.35. The summed E-state index contributed by atoms with van der Waals surface area (Å²) >= 11 is 0. The first kappa shape index (κ1) is 38.5. The van der Waals surface area contributed by atoms with Crippen LogP contribution < -0.4 is 15.3 Å². The van der Waals surface area contributed by atoms with Crippen LogP contribution in [0, 0.1) is 5.92 Å². The van der Waals surface area contributed by atoms with Gasteiger partial charge in [-0.25, -0.2) is 5.48 Å². The molecule has 0 heterocycles. The number of hydrogen-bond donors (Lipinski definition) is 1. The first-order chi connectivity index (χ1) is 25.4. The van der Waals surface area contributed by atoms with Crippen molar-refractivity contribution < 1.29 is 24.0 Å². The monoisotopic (exact) mass is 711 g/mol. The van der Waals surface area contributed by atoms with Gasteiger partial charge in [-0.2, -0.15) is 0 Å². The fraction of sp³-hybridized carbons (Fsp3) is 0.267. The Bertz CT molecular complexity index is 1840. The Kier molecular flexibility index (Phi) is 12.5. The van der Waals surface area contributed by atoms with E-state index in [0.717, 1.165) is 33.5 Å². The normalized spacial score (nSPS) is 12.0. The zero-order valence-corrected chi connectivity index (χ0v) is 31.4. The Morgan fingerprint density at radius 3 is 1.45 bits per heavy atom. The number of hydrogen-bond acceptors (Lipinski definition) is 6. The van der Waals surface area contributed by atoms with Crippen LogP contribution in [-0.2, 0) is 29.6 Å². The summed E-state index contributed by atoms with van der Waals surface area (Å²) in [7, 11) is 4.00. The van der Waals surface area contributed by atoms with Gasteiger partial charge < -0.3 is 14.5 Å². The molecule has 1 N–H and O–H groups in total. The maximum atomic E-state index is 14.3. The fourth-order valence-corrected chi connectivity index (χ4v) is 6.40. The highest BCUT2D eigenvalue weighted by atomic mass is 16.7. The largest absolute Gasteiger partial charge is 0.460 e. The van der Waals surface area contributed by atoms with Gasteiger partial charge in [0.25, 0.3) is 0 Å². The number of esters is 1. The Labute approximate surface area is 313 Å². The molecule has 274 valence electrons. The number of carbonyl (C=O) groups is 3. The molecule has 5 rings (SSSR count). The maximum Gasteiger partial charge on any atom is 0.307 e. The van der Waals surface area contributed by atoms with Crippen LogP contribution in [0.4, 0.5) is 11.4 Å². The number of carbonyl (C=O) groups excluding carboxylic acids is 3. The van der Waals surface area contributed by atoms with Crippen molar-refractivity contribution in [2.75, 3.05) is 30.4 Å². The zero-order chi connectivity index (χ0) is 38.0. The predicted molar refractivity (Wildman–Crippen MR) is 211 cm³/mol. The van der Waals surface area contributed by atoms with E-state index in [1.165, 1.54) is 0 Å². The highest BCUT2D eigenvalue weighted by Gasteiger charge is 2.40. The van der Waals surface area contributed by atoms with Gasteiger partial charge in [0, 0.05) is 38.4 Å². The molecule has 0 aliphatic carbocycles. The lowest BCUT2D eigenvalue weighted by Crippen LogP contribution is -2.43. The Hall–Kier alpha value is -5.73. The Morgan fingerprint density at radius 1 is 0.623 bits per heavy atom. The second-order valence-electron chi connectivity index (χ2n) is 14.2. The van der Waals surface area contributed by atoms with Gasteiger partial charge in [0.2, 0.25) is 11.8 Å². The fourth-order valence-electron chi connectivity index (χ4n) is 6.40. The topological polar surface area (TPSA) is 88.2 Å². The van der Waals surface area contributed by atoms with Crippen LogP contribution in [-0.4, -0.2) is 44.0 Å². The molecule has 0 aliphatic rings.